The van der Waals surface area contributed by atoms with E-state index in [1.165, 1.54) is 70.6 Å². The Bertz CT molecular complexity index is 718. The highest BCUT2D eigenvalue weighted by molar-refractivity contribution is 6.67. The molecule has 0 saturated carbocycles. The van der Waals surface area contributed by atoms with Gasteiger partial charge >= 0.3 is 0 Å². The molecular formula is C27H38ClNO2. The van der Waals surface area contributed by atoms with E-state index in [4.69, 9.17) is 16.4 Å². The van der Waals surface area contributed by atoms with Crippen LogP contribution < -0.4 is 5.06 Å². The summed E-state index contributed by atoms with van der Waals surface area (Å²) in [6, 6.07) is 17.2. The Kier molecular flexibility index (Phi) is 13.0. The standard InChI is InChI=1S/C27H38ClNO2/c1-2-3-4-5-6-7-8-9-10-11-12-16-23-31-29(25-17-14-13-15-18-25)26-21-19-24(20-22-26)27(28)30/h13-15,17-22H,2-12,16,23H2,1H3. The molecule has 0 aromatic heterocycles. The summed E-state index contributed by atoms with van der Waals surface area (Å²) in [7, 11) is 0. The highest BCUT2D eigenvalue weighted by atomic mass is 35.5. The number of unbranched alkanes of at least 4 members (excludes halogenated alkanes) is 11. The van der Waals surface area contributed by atoms with Crippen LogP contribution in [0.5, 0.6) is 0 Å². The summed E-state index contributed by atoms with van der Waals surface area (Å²) >= 11 is 5.57. The molecule has 0 bridgehead atoms. The summed E-state index contributed by atoms with van der Waals surface area (Å²) < 4.78 is 0. The first kappa shape index (κ1) is 25.4. The second-order valence-corrected chi connectivity index (χ2v) is 8.52. The van der Waals surface area contributed by atoms with Gasteiger partial charge in [0.1, 0.15) is 0 Å². The molecule has 0 amide bonds. The molecule has 0 heterocycles. The first-order chi connectivity index (χ1) is 15.2. The van der Waals surface area contributed by atoms with Crippen molar-refractivity contribution in [2.45, 2.75) is 84.0 Å². The molecule has 0 aliphatic rings. The van der Waals surface area contributed by atoms with Crippen molar-refractivity contribution in [2.24, 2.45) is 0 Å². The zero-order chi connectivity index (χ0) is 22.2. The highest BCUT2D eigenvalue weighted by Gasteiger charge is 2.11. The number of benzene rings is 2. The van der Waals surface area contributed by atoms with E-state index in [0.717, 1.165) is 17.8 Å². The van der Waals surface area contributed by atoms with Gasteiger partial charge in [0.05, 0.1) is 18.0 Å². The molecule has 0 radical (unpaired) electrons. The van der Waals surface area contributed by atoms with Crippen LogP contribution in [-0.2, 0) is 4.84 Å². The monoisotopic (exact) mass is 443 g/mol. The van der Waals surface area contributed by atoms with Crippen molar-refractivity contribution < 1.29 is 9.63 Å². The van der Waals surface area contributed by atoms with Gasteiger partial charge in [-0.3, -0.25) is 9.63 Å². The van der Waals surface area contributed by atoms with E-state index in [9.17, 15) is 4.79 Å². The maximum atomic E-state index is 11.3. The van der Waals surface area contributed by atoms with Crippen LogP contribution in [0, 0.1) is 0 Å². The summed E-state index contributed by atoms with van der Waals surface area (Å²) in [5, 5.41) is 1.39. The van der Waals surface area contributed by atoms with Crippen LogP contribution in [0.2, 0.25) is 0 Å². The molecule has 170 valence electrons. The molecule has 2 aromatic rings. The van der Waals surface area contributed by atoms with Crippen molar-refractivity contribution in [2.75, 3.05) is 11.7 Å². The number of anilines is 2. The van der Waals surface area contributed by atoms with Gasteiger partial charge in [0.25, 0.3) is 5.24 Å². The molecule has 0 spiro atoms. The van der Waals surface area contributed by atoms with Crippen LogP contribution in [0.25, 0.3) is 0 Å². The Morgan fingerprint density at radius 2 is 1.19 bits per heavy atom. The molecule has 31 heavy (non-hydrogen) atoms. The zero-order valence-corrected chi connectivity index (χ0v) is 19.8. The lowest BCUT2D eigenvalue weighted by Crippen LogP contribution is -2.18. The third-order valence-electron chi connectivity index (χ3n) is 5.54. The highest BCUT2D eigenvalue weighted by Crippen LogP contribution is 2.26. The SMILES string of the molecule is CCCCCCCCCCCCCCON(c1ccccc1)c1ccc(C(=O)Cl)cc1. The molecule has 0 saturated heterocycles. The predicted molar refractivity (Wildman–Crippen MR) is 132 cm³/mol. The molecule has 2 rings (SSSR count). The fourth-order valence-corrected chi connectivity index (χ4v) is 3.81. The van der Waals surface area contributed by atoms with Crippen LogP contribution in [0.1, 0.15) is 94.3 Å². The molecular weight excluding hydrogens is 406 g/mol. The summed E-state index contributed by atoms with van der Waals surface area (Å²) in [6.45, 7) is 2.94. The third kappa shape index (κ3) is 10.3. The average molecular weight is 444 g/mol. The Balaban J connectivity index is 1.67. The van der Waals surface area contributed by atoms with Crippen molar-refractivity contribution in [1.29, 1.82) is 0 Å². The van der Waals surface area contributed by atoms with Crippen molar-refractivity contribution in [3.05, 3.63) is 60.2 Å². The van der Waals surface area contributed by atoms with Gasteiger partial charge in [0, 0.05) is 5.56 Å². The Morgan fingerprint density at radius 3 is 1.71 bits per heavy atom. The van der Waals surface area contributed by atoms with E-state index < -0.39 is 5.24 Å². The largest absolute Gasteiger partial charge is 0.276 e. The van der Waals surface area contributed by atoms with Crippen molar-refractivity contribution in [3.8, 4) is 0 Å². The van der Waals surface area contributed by atoms with Crippen molar-refractivity contribution in [1.82, 2.24) is 0 Å². The van der Waals surface area contributed by atoms with E-state index >= 15 is 0 Å². The van der Waals surface area contributed by atoms with Gasteiger partial charge in [-0.1, -0.05) is 95.8 Å². The molecule has 0 aliphatic heterocycles. The van der Waals surface area contributed by atoms with Gasteiger partial charge in [0.15, 0.2) is 0 Å². The van der Waals surface area contributed by atoms with Crippen LogP contribution in [0.4, 0.5) is 11.4 Å². The van der Waals surface area contributed by atoms with E-state index in [1.807, 2.05) is 47.5 Å². The normalized spacial score (nSPS) is 10.9. The topological polar surface area (TPSA) is 29.5 Å². The number of nitrogens with zero attached hydrogens (tertiary/aromatic N) is 1. The van der Waals surface area contributed by atoms with E-state index in [0.29, 0.717) is 12.2 Å². The van der Waals surface area contributed by atoms with Crippen LogP contribution >= 0.6 is 11.6 Å². The van der Waals surface area contributed by atoms with Gasteiger partial charge in [0.2, 0.25) is 0 Å². The van der Waals surface area contributed by atoms with Crippen molar-refractivity contribution >= 4 is 28.2 Å². The van der Waals surface area contributed by atoms with Gasteiger partial charge in [-0.15, -0.1) is 0 Å². The van der Waals surface area contributed by atoms with Gasteiger partial charge < -0.3 is 0 Å². The lowest BCUT2D eigenvalue weighted by Gasteiger charge is -2.24. The maximum Gasteiger partial charge on any atom is 0.252 e. The second-order valence-electron chi connectivity index (χ2n) is 8.17. The third-order valence-corrected chi connectivity index (χ3v) is 5.76. The van der Waals surface area contributed by atoms with Gasteiger partial charge in [-0.2, -0.15) is 0 Å². The lowest BCUT2D eigenvalue weighted by atomic mass is 10.1. The fraction of sp³-hybridized carbons (Fsp3) is 0.519. The number of hydrogen-bond donors (Lipinski definition) is 0. The molecule has 4 heteroatoms. The van der Waals surface area contributed by atoms with Gasteiger partial charge in [-0.25, -0.2) is 5.06 Å². The Labute approximate surface area is 193 Å². The average Bonchev–Trinajstić information content (AvgIpc) is 2.80. The minimum atomic E-state index is -0.449. The van der Waals surface area contributed by atoms with Crippen LogP contribution in [0.15, 0.2) is 54.6 Å². The zero-order valence-electron chi connectivity index (χ0n) is 19.0. The lowest BCUT2D eigenvalue weighted by molar-refractivity contribution is 0.108. The van der Waals surface area contributed by atoms with Crippen LogP contribution in [0.3, 0.4) is 0 Å². The summed E-state index contributed by atoms with van der Waals surface area (Å²) in [5.74, 6) is 0. The fourth-order valence-electron chi connectivity index (χ4n) is 3.69. The molecule has 0 unspecified atom stereocenters. The first-order valence-electron chi connectivity index (χ1n) is 12.0. The summed E-state index contributed by atoms with van der Waals surface area (Å²) in [6.07, 6.45) is 15.9. The molecule has 0 fully saturated rings. The number of carbonyl (C=O) groups excluding carboxylic acids is 1. The molecule has 0 aliphatic carbocycles. The Hall–Kier alpha value is -1.84. The molecule has 0 atom stereocenters. The molecule has 3 nitrogen and oxygen atoms in total. The molecule has 0 N–H and O–H groups in total. The number of carbonyl (C=O) groups is 1. The number of para-hydroxylation sites is 1. The van der Waals surface area contributed by atoms with E-state index in [-0.39, 0.29) is 0 Å². The number of halogens is 1. The maximum absolute atomic E-state index is 11.3. The first-order valence-corrected chi connectivity index (χ1v) is 12.4. The second kappa shape index (κ2) is 15.9. The number of rotatable bonds is 17. The number of hydrogen-bond acceptors (Lipinski definition) is 3. The Morgan fingerprint density at radius 1 is 0.710 bits per heavy atom. The quantitative estimate of drug-likeness (QED) is 0.139. The van der Waals surface area contributed by atoms with Crippen molar-refractivity contribution in [3.63, 3.8) is 0 Å². The van der Waals surface area contributed by atoms with Crippen LogP contribution in [-0.4, -0.2) is 11.8 Å². The van der Waals surface area contributed by atoms with Gasteiger partial charge in [-0.05, 0) is 54.4 Å². The van der Waals surface area contributed by atoms with E-state index in [2.05, 4.69) is 6.92 Å². The molecule has 2 aromatic carbocycles. The smallest absolute Gasteiger partial charge is 0.252 e. The minimum Gasteiger partial charge on any atom is -0.276 e. The van der Waals surface area contributed by atoms with E-state index in [1.54, 1.807) is 12.1 Å². The summed E-state index contributed by atoms with van der Waals surface area (Å²) in [4.78, 5) is 17.4. The predicted octanol–water partition coefficient (Wildman–Crippen LogP) is 8.84. The summed E-state index contributed by atoms with van der Waals surface area (Å²) in [5.41, 5.74) is 2.33. The minimum absolute atomic E-state index is 0.449.